The van der Waals surface area contributed by atoms with Gasteiger partial charge >= 0.3 is 0 Å². The molecule has 1 amide bonds. The summed E-state index contributed by atoms with van der Waals surface area (Å²) < 4.78 is 4.88. The van der Waals surface area contributed by atoms with E-state index in [0.717, 1.165) is 6.42 Å². The van der Waals surface area contributed by atoms with E-state index in [1.165, 1.54) is 0 Å². The van der Waals surface area contributed by atoms with E-state index >= 15 is 0 Å². The van der Waals surface area contributed by atoms with Crippen LogP contribution in [0.2, 0.25) is 0 Å². The van der Waals surface area contributed by atoms with Crippen LogP contribution in [0.3, 0.4) is 0 Å². The minimum Gasteiger partial charge on any atom is -0.389 e. The number of aliphatic hydroxyl groups excluding tert-OH is 2. The van der Waals surface area contributed by atoms with Gasteiger partial charge in [0.15, 0.2) is 0 Å². The molecule has 1 aliphatic rings. The highest BCUT2D eigenvalue weighted by molar-refractivity contribution is 5.81. The van der Waals surface area contributed by atoms with Crippen LogP contribution in [-0.2, 0) is 9.53 Å². The van der Waals surface area contributed by atoms with E-state index in [0.29, 0.717) is 26.2 Å². The van der Waals surface area contributed by atoms with E-state index in [1.807, 2.05) is 0 Å². The first-order chi connectivity index (χ1) is 8.06. The van der Waals surface area contributed by atoms with Crippen LogP contribution in [0.4, 0.5) is 0 Å². The Morgan fingerprint density at radius 1 is 1.47 bits per heavy atom. The molecule has 0 aromatic carbocycles. The van der Waals surface area contributed by atoms with Crippen LogP contribution in [0.1, 0.15) is 13.3 Å². The van der Waals surface area contributed by atoms with Crippen molar-refractivity contribution < 1.29 is 19.7 Å². The molecule has 0 radical (unpaired) electrons. The van der Waals surface area contributed by atoms with Gasteiger partial charge in [-0.05, 0) is 13.3 Å². The molecule has 1 rings (SSSR count). The molecular weight excluding hydrogens is 224 g/mol. The second-order valence-corrected chi connectivity index (χ2v) is 4.40. The van der Waals surface area contributed by atoms with Gasteiger partial charge in [-0.15, -0.1) is 0 Å². The Balaban J connectivity index is 2.27. The summed E-state index contributed by atoms with van der Waals surface area (Å²) in [7, 11) is 1.62. The Bertz CT molecular complexity index is 240. The number of ether oxygens (including phenoxy) is 1. The van der Waals surface area contributed by atoms with Crippen molar-refractivity contribution in [2.45, 2.75) is 31.6 Å². The summed E-state index contributed by atoms with van der Waals surface area (Å²) in [6, 6.07) is -0.329. The molecule has 6 nitrogen and oxygen atoms in total. The molecule has 0 aromatic heterocycles. The van der Waals surface area contributed by atoms with Gasteiger partial charge in [-0.3, -0.25) is 9.69 Å². The molecule has 0 aliphatic carbocycles. The molecule has 1 heterocycles. The SMILES string of the molecule is COCCCNC(=O)C(C)N1CC(O)C(O)C1. The van der Waals surface area contributed by atoms with Crippen LogP contribution in [0.25, 0.3) is 0 Å². The Morgan fingerprint density at radius 2 is 2.06 bits per heavy atom. The summed E-state index contributed by atoms with van der Waals surface area (Å²) in [6.45, 7) is 3.66. The van der Waals surface area contributed by atoms with Gasteiger partial charge in [0.25, 0.3) is 0 Å². The number of rotatable bonds is 6. The highest BCUT2D eigenvalue weighted by Gasteiger charge is 2.34. The maximum absolute atomic E-state index is 11.7. The van der Waals surface area contributed by atoms with Gasteiger partial charge in [0.2, 0.25) is 5.91 Å². The second-order valence-electron chi connectivity index (χ2n) is 4.40. The summed E-state index contributed by atoms with van der Waals surface area (Å²) in [5.74, 6) is -0.0811. The van der Waals surface area contributed by atoms with Gasteiger partial charge in [0.1, 0.15) is 0 Å². The lowest BCUT2D eigenvalue weighted by molar-refractivity contribution is -0.125. The van der Waals surface area contributed by atoms with Crippen molar-refractivity contribution in [2.24, 2.45) is 0 Å². The fourth-order valence-corrected chi connectivity index (χ4v) is 1.86. The molecule has 1 aliphatic heterocycles. The van der Waals surface area contributed by atoms with Crippen molar-refractivity contribution in [3.05, 3.63) is 0 Å². The fraction of sp³-hybridized carbons (Fsp3) is 0.909. The molecule has 6 heteroatoms. The van der Waals surface area contributed by atoms with Crippen LogP contribution in [0, 0.1) is 0 Å². The molecule has 17 heavy (non-hydrogen) atoms. The number of likely N-dealkylation sites (tertiary alicyclic amines) is 1. The average molecular weight is 246 g/mol. The number of hydrogen-bond donors (Lipinski definition) is 3. The predicted octanol–water partition coefficient (Wildman–Crippen LogP) is -1.43. The summed E-state index contributed by atoms with van der Waals surface area (Å²) >= 11 is 0. The van der Waals surface area contributed by atoms with E-state index in [1.54, 1.807) is 18.9 Å². The fourth-order valence-electron chi connectivity index (χ4n) is 1.86. The van der Waals surface area contributed by atoms with E-state index < -0.39 is 12.2 Å². The van der Waals surface area contributed by atoms with Crippen molar-refractivity contribution in [3.63, 3.8) is 0 Å². The highest BCUT2D eigenvalue weighted by atomic mass is 16.5. The summed E-state index contributed by atoms with van der Waals surface area (Å²) in [4.78, 5) is 13.5. The number of amides is 1. The number of nitrogens with one attached hydrogen (secondary N) is 1. The maximum atomic E-state index is 11.7. The van der Waals surface area contributed by atoms with Crippen LogP contribution in [0.15, 0.2) is 0 Å². The van der Waals surface area contributed by atoms with Gasteiger partial charge in [0.05, 0.1) is 18.2 Å². The first-order valence-electron chi connectivity index (χ1n) is 5.93. The molecule has 100 valence electrons. The molecule has 0 bridgehead atoms. The van der Waals surface area contributed by atoms with Crippen LogP contribution >= 0.6 is 0 Å². The number of carbonyl (C=O) groups is 1. The minimum absolute atomic E-state index is 0.0811. The molecular formula is C11H22N2O4. The molecule has 0 spiro atoms. The zero-order chi connectivity index (χ0) is 12.8. The molecule has 3 N–H and O–H groups in total. The first-order valence-corrected chi connectivity index (χ1v) is 5.93. The highest BCUT2D eigenvalue weighted by Crippen LogP contribution is 2.13. The largest absolute Gasteiger partial charge is 0.389 e. The van der Waals surface area contributed by atoms with Crippen LogP contribution < -0.4 is 5.32 Å². The van der Waals surface area contributed by atoms with Crippen LogP contribution in [-0.4, -0.2) is 72.6 Å². The standard InChI is InChI=1S/C11H22N2O4/c1-8(11(16)12-4-3-5-17-2)13-6-9(14)10(15)7-13/h8-10,14-15H,3-7H2,1-2H3,(H,12,16). The Labute approximate surface area is 102 Å². The third kappa shape index (κ3) is 4.23. The number of hydrogen-bond acceptors (Lipinski definition) is 5. The van der Waals surface area contributed by atoms with E-state index in [-0.39, 0.29) is 11.9 Å². The Hall–Kier alpha value is -0.690. The van der Waals surface area contributed by atoms with Gasteiger partial charge in [0, 0.05) is 33.4 Å². The zero-order valence-electron chi connectivity index (χ0n) is 10.4. The van der Waals surface area contributed by atoms with Crippen molar-refractivity contribution in [1.29, 1.82) is 0 Å². The minimum atomic E-state index is -0.751. The van der Waals surface area contributed by atoms with Gasteiger partial charge in [-0.25, -0.2) is 0 Å². The normalized spacial score (nSPS) is 27.1. The van der Waals surface area contributed by atoms with Crippen molar-refractivity contribution >= 4 is 5.91 Å². The smallest absolute Gasteiger partial charge is 0.237 e. The number of nitrogens with zero attached hydrogens (tertiary/aromatic N) is 1. The van der Waals surface area contributed by atoms with E-state index in [2.05, 4.69) is 5.32 Å². The summed E-state index contributed by atoms with van der Waals surface area (Å²) in [6.07, 6.45) is -0.724. The quantitative estimate of drug-likeness (QED) is 0.500. The number of β-amino-alcohol motifs (C(OH)–C–C–N with tert-alkyl or cyclic N) is 2. The van der Waals surface area contributed by atoms with Crippen molar-refractivity contribution in [2.75, 3.05) is 33.4 Å². The van der Waals surface area contributed by atoms with Gasteiger partial charge in [-0.2, -0.15) is 0 Å². The van der Waals surface area contributed by atoms with Gasteiger partial charge in [-0.1, -0.05) is 0 Å². The maximum Gasteiger partial charge on any atom is 0.237 e. The molecule has 3 atom stereocenters. The summed E-state index contributed by atoms with van der Waals surface area (Å²) in [5.41, 5.74) is 0. The Kier molecular flexibility index (Phi) is 5.84. The number of carbonyl (C=O) groups excluding carboxylic acids is 1. The van der Waals surface area contributed by atoms with E-state index in [4.69, 9.17) is 4.74 Å². The predicted molar refractivity (Wildman–Crippen MR) is 62.6 cm³/mol. The van der Waals surface area contributed by atoms with Crippen LogP contribution in [0.5, 0.6) is 0 Å². The number of methoxy groups -OCH3 is 1. The van der Waals surface area contributed by atoms with E-state index in [9.17, 15) is 15.0 Å². The van der Waals surface area contributed by atoms with Crippen molar-refractivity contribution in [3.8, 4) is 0 Å². The molecule has 0 aromatic rings. The molecule has 3 unspecified atom stereocenters. The van der Waals surface area contributed by atoms with Gasteiger partial charge < -0.3 is 20.3 Å². The lowest BCUT2D eigenvalue weighted by Crippen LogP contribution is -2.45. The molecule has 1 saturated heterocycles. The second kappa shape index (κ2) is 6.90. The van der Waals surface area contributed by atoms with Crippen molar-refractivity contribution in [1.82, 2.24) is 10.2 Å². The molecule has 1 fully saturated rings. The molecule has 0 saturated carbocycles. The first kappa shape index (κ1) is 14.4. The summed E-state index contributed by atoms with van der Waals surface area (Å²) in [5, 5.41) is 21.6. The number of aliphatic hydroxyl groups is 2. The third-order valence-electron chi connectivity index (χ3n) is 3.04. The lowest BCUT2D eigenvalue weighted by atomic mass is 10.2. The third-order valence-corrected chi connectivity index (χ3v) is 3.04. The Morgan fingerprint density at radius 3 is 2.59 bits per heavy atom. The zero-order valence-corrected chi connectivity index (χ0v) is 10.4. The lowest BCUT2D eigenvalue weighted by Gasteiger charge is -2.22. The topological polar surface area (TPSA) is 82.0 Å². The monoisotopic (exact) mass is 246 g/mol. The average Bonchev–Trinajstić information content (AvgIpc) is 2.64.